The zero-order chi connectivity index (χ0) is 13.9. The number of benzene rings is 1. The molecule has 0 atom stereocenters. The fourth-order valence-electron chi connectivity index (χ4n) is 1.96. The summed E-state index contributed by atoms with van der Waals surface area (Å²) >= 11 is 10.8. The van der Waals surface area contributed by atoms with Crippen LogP contribution in [-0.2, 0) is 16.0 Å². The second-order valence-electron chi connectivity index (χ2n) is 4.28. The van der Waals surface area contributed by atoms with E-state index in [1.54, 1.807) is 6.20 Å². The van der Waals surface area contributed by atoms with Crippen molar-refractivity contribution in [2.45, 2.75) is 12.8 Å². The van der Waals surface area contributed by atoms with Crippen molar-refractivity contribution in [2.24, 2.45) is 0 Å². The van der Waals surface area contributed by atoms with Crippen LogP contribution in [0.2, 0.25) is 4.47 Å². The van der Waals surface area contributed by atoms with Crippen molar-refractivity contribution < 1.29 is 9.47 Å². The Labute approximate surface area is 134 Å². The Morgan fingerprint density at radius 1 is 1.35 bits per heavy atom. The van der Waals surface area contributed by atoms with Crippen LogP contribution in [0.4, 0.5) is 5.69 Å². The lowest BCUT2D eigenvalue weighted by Crippen LogP contribution is -2.02. The number of ether oxygens (including phenoxy) is 2. The predicted octanol–water partition coefficient (Wildman–Crippen LogP) is 4.22. The summed E-state index contributed by atoms with van der Waals surface area (Å²) in [6.45, 7) is 1.96. The van der Waals surface area contributed by atoms with Gasteiger partial charge in [0.2, 0.25) is 0 Å². The van der Waals surface area contributed by atoms with Gasteiger partial charge in [0.15, 0.2) is 10.8 Å². The van der Waals surface area contributed by atoms with Crippen molar-refractivity contribution in [3.8, 4) is 0 Å². The summed E-state index contributed by atoms with van der Waals surface area (Å²) in [5.74, 6) is 0. The Morgan fingerprint density at radius 2 is 2.15 bits per heavy atom. The van der Waals surface area contributed by atoms with Crippen LogP contribution in [0.15, 0.2) is 28.9 Å². The maximum Gasteiger partial charge on any atom is 0.184 e. The maximum absolute atomic E-state index is 5.82. The van der Waals surface area contributed by atoms with Crippen molar-refractivity contribution in [3.05, 3.63) is 43.8 Å². The zero-order valence-electron chi connectivity index (χ0n) is 10.4. The van der Waals surface area contributed by atoms with E-state index in [9.17, 15) is 0 Å². The SMILES string of the molecule is Clc1ncc(CNc2cc(Br)cc(C3OCCO3)c2)s1. The molecule has 0 unspecified atom stereocenters. The highest BCUT2D eigenvalue weighted by Gasteiger charge is 2.19. The van der Waals surface area contributed by atoms with Crippen LogP contribution in [-0.4, -0.2) is 18.2 Å². The van der Waals surface area contributed by atoms with E-state index < -0.39 is 0 Å². The second kappa shape index (κ2) is 6.41. The van der Waals surface area contributed by atoms with E-state index in [1.165, 1.54) is 11.3 Å². The molecule has 1 N–H and O–H groups in total. The largest absolute Gasteiger partial charge is 0.380 e. The molecular formula is C13H12BrClN2O2S. The Morgan fingerprint density at radius 3 is 2.85 bits per heavy atom. The molecule has 106 valence electrons. The van der Waals surface area contributed by atoms with Gasteiger partial charge in [-0.1, -0.05) is 27.5 Å². The summed E-state index contributed by atoms with van der Waals surface area (Å²) in [4.78, 5) is 5.11. The Kier molecular flexibility index (Phi) is 4.58. The first-order valence-corrected chi connectivity index (χ1v) is 8.07. The first kappa shape index (κ1) is 14.3. The van der Waals surface area contributed by atoms with Gasteiger partial charge in [-0.25, -0.2) is 4.98 Å². The number of hydrogen-bond acceptors (Lipinski definition) is 5. The smallest absolute Gasteiger partial charge is 0.184 e. The first-order chi connectivity index (χ1) is 9.70. The van der Waals surface area contributed by atoms with Crippen LogP contribution >= 0.6 is 38.9 Å². The van der Waals surface area contributed by atoms with Crippen molar-refractivity contribution >= 4 is 44.6 Å². The van der Waals surface area contributed by atoms with Gasteiger partial charge in [-0.2, -0.15) is 0 Å². The van der Waals surface area contributed by atoms with E-state index in [0.717, 1.165) is 20.6 Å². The fourth-order valence-corrected chi connectivity index (χ4v) is 3.38. The van der Waals surface area contributed by atoms with Crippen LogP contribution < -0.4 is 5.32 Å². The van der Waals surface area contributed by atoms with E-state index in [0.29, 0.717) is 24.2 Å². The molecule has 4 nitrogen and oxygen atoms in total. The molecule has 1 aliphatic heterocycles. The minimum absolute atomic E-state index is 0.272. The summed E-state index contributed by atoms with van der Waals surface area (Å²) in [7, 11) is 0. The van der Waals surface area contributed by atoms with Gasteiger partial charge in [0.05, 0.1) is 19.8 Å². The Bertz CT molecular complexity index is 602. The molecule has 2 heterocycles. The van der Waals surface area contributed by atoms with E-state index in [2.05, 4.69) is 26.2 Å². The van der Waals surface area contributed by atoms with Gasteiger partial charge in [-0.05, 0) is 18.2 Å². The molecule has 1 saturated heterocycles. The molecule has 7 heteroatoms. The van der Waals surface area contributed by atoms with Gasteiger partial charge < -0.3 is 14.8 Å². The molecule has 0 radical (unpaired) electrons. The Hall–Kier alpha value is -0.660. The lowest BCUT2D eigenvalue weighted by atomic mass is 10.2. The van der Waals surface area contributed by atoms with Crippen LogP contribution in [0.3, 0.4) is 0 Å². The topological polar surface area (TPSA) is 43.4 Å². The number of anilines is 1. The van der Waals surface area contributed by atoms with Gasteiger partial charge in [-0.3, -0.25) is 0 Å². The average Bonchev–Trinajstić information content (AvgIpc) is 3.07. The highest BCUT2D eigenvalue weighted by molar-refractivity contribution is 9.10. The predicted molar refractivity (Wildman–Crippen MR) is 83.2 cm³/mol. The second-order valence-corrected chi connectivity index (χ2v) is 6.89. The number of halogens is 2. The lowest BCUT2D eigenvalue weighted by molar-refractivity contribution is -0.0441. The summed E-state index contributed by atoms with van der Waals surface area (Å²) in [5, 5.41) is 3.35. The van der Waals surface area contributed by atoms with Gasteiger partial charge >= 0.3 is 0 Å². The third kappa shape index (κ3) is 3.51. The van der Waals surface area contributed by atoms with Crippen LogP contribution in [0.1, 0.15) is 16.7 Å². The molecule has 0 saturated carbocycles. The molecule has 0 amide bonds. The third-order valence-electron chi connectivity index (χ3n) is 2.81. The van der Waals surface area contributed by atoms with Gasteiger partial charge in [-0.15, -0.1) is 11.3 Å². The molecular weight excluding hydrogens is 364 g/mol. The van der Waals surface area contributed by atoms with Crippen molar-refractivity contribution in [1.29, 1.82) is 0 Å². The summed E-state index contributed by atoms with van der Waals surface area (Å²) < 4.78 is 12.6. The lowest BCUT2D eigenvalue weighted by Gasteiger charge is -2.13. The van der Waals surface area contributed by atoms with E-state index in [-0.39, 0.29) is 6.29 Å². The summed E-state index contributed by atoms with van der Waals surface area (Å²) in [5.41, 5.74) is 2.00. The molecule has 1 aromatic heterocycles. The van der Waals surface area contributed by atoms with E-state index in [1.807, 2.05) is 18.2 Å². The number of nitrogens with zero attached hydrogens (tertiary/aromatic N) is 1. The molecule has 0 aliphatic carbocycles. The summed E-state index contributed by atoms with van der Waals surface area (Å²) in [6, 6.07) is 6.05. The monoisotopic (exact) mass is 374 g/mol. The van der Waals surface area contributed by atoms with Crippen molar-refractivity contribution in [2.75, 3.05) is 18.5 Å². The highest BCUT2D eigenvalue weighted by atomic mass is 79.9. The maximum atomic E-state index is 5.82. The third-order valence-corrected chi connectivity index (χ3v) is 4.38. The standard InChI is InChI=1S/C13H12BrClN2O2S/c14-9-3-8(12-18-1-2-19-12)4-10(5-9)16-6-11-7-17-13(15)20-11/h3-5,7,12,16H,1-2,6H2. The molecule has 0 spiro atoms. The number of aromatic nitrogens is 1. The van der Waals surface area contributed by atoms with Crippen LogP contribution in [0, 0.1) is 0 Å². The van der Waals surface area contributed by atoms with Gasteiger partial charge in [0.25, 0.3) is 0 Å². The molecule has 20 heavy (non-hydrogen) atoms. The number of rotatable bonds is 4. The Balaban J connectivity index is 1.72. The molecule has 1 aliphatic rings. The van der Waals surface area contributed by atoms with Crippen LogP contribution in [0.5, 0.6) is 0 Å². The van der Waals surface area contributed by atoms with Gasteiger partial charge in [0.1, 0.15) is 0 Å². The van der Waals surface area contributed by atoms with Crippen molar-refractivity contribution in [3.63, 3.8) is 0 Å². The fraction of sp³-hybridized carbons (Fsp3) is 0.308. The minimum atomic E-state index is -0.272. The zero-order valence-corrected chi connectivity index (χ0v) is 13.6. The normalized spacial score (nSPS) is 15.7. The number of hydrogen-bond donors (Lipinski definition) is 1. The van der Waals surface area contributed by atoms with Crippen LogP contribution in [0.25, 0.3) is 0 Å². The molecule has 0 bridgehead atoms. The minimum Gasteiger partial charge on any atom is -0.380 e. The van der Waals surface area contributed by atoms with Gasteiger partial charge in [0, 0.05) is 26.8 Å². The summed E-state index contributed by atoms with van der Waals surface area (Å²) in [6.07, 6.45) is 1.51. The average molecular weight is 376 g/mol. The number of nitrogens with one attached hydrogen (secondary N) is 1. The van der Waals surface area contributed by atoms with Crippen molar-refractivity contribution in [1.82, 2.24) is 4.98 Å². The molecule has 1 fully saturated rings. The van der Waals surface area contributed by atoms with E-state index >= 15 is 0 Å². The molecule has 1 aromatic carbocycles. The molecule has 2 aromatic rings. The van der Waals surface area contributed by atoms with E-state index in [4.69, 9.17) is 21.1 Å². The number of thiazole rings is 1. The molecule has 3 rings (SSSR count). The highest BCUT2D eigenvalue weighted by Crippen LogP contribution is 2.29. The first-order valence-electron chi connectivity index (χ1n) is 6.08. The quantitative estimate of drug-likeness (QED) is 0.869.